The molecule has 0 aliphatic carbocycles. The molecule has 0 bridgehead atoms. The summed E-state index contributed by atoms with van der Waals surface area (Å²) in [5, 5.41) is 16.7. The Morgan fingerprint density at radius 2 is 1.54 bits per heavy atom. The Hall–Kier alpha value is -4.90. The molecule has 4 heterocycles. The van der Waals surface area contributed by atoms with Crippen LogP contribution in [0, 0.1) is 18.3 Å². The number of nitrogens with one attached hydrogen (secondary N) is 4. The minimum absolute atomic E-state index is 0.0186. The van der Waals surface area contributed by atoms with E-state index in [4.69, 9.17) is 0 Å². The Bertz CT molecular complexity index is 2090. The number of piperazine rings is 1. The fraction of sp³-hybridized carbons (Fsp3) is 0.608. The van der Waals surface area contributed by atoms with Crippen LogP contribution in [0.2, 0.25) is 0 Å². The van der Waals surface area contributed by atoms with Crippen LogP contribution in [-0.2, 0) is 19.2 Å². The lowest BCUT2D eigenvalue weighted by Crippen LogP contribution is -2.57. The monoisotopic (exact) mass is 942 g/mol. The number of aliphatic hydroxyl groups excluding tert-OH is 1. The average molecular weight is 942 g/mol. The van der Waals surface area contributed by atoms with Crippen molar-refractivity contribution in [2.75, 3.05) is 63.8 Å². The number of unbranched alkanes of at least 4 members (excludes halogenated alkanes) is 3. The molecule has 0 spiro atoms. The van der Waals surface area contributed by atoms with Gasteiger partial charge in [0.05, 0.1) is 28.2 Å². The van der Waals surface area contributed by atoms with Gasteiger partial charge in [0.1, 0.15) is 12.1 Å². The number of likely N-dealkylation sites (tertiary alicyclic amines) is 2. The number of aliphatic hydroxyl groups is 1. The Morgan fingerprint density at radius 3 is 2.16 bits per heavy atom. The van der Waals surface area contributed by atoms with Gasteiger partial charge in [-0.15, -0.1) is 11.3 Å². The van der Waals surface area contributed by atoms with E-state index in [9.17, 15) is 29.1 Å². The molecule has 15 nitrogen and oxygen atoms in total. The van der Waals surface area contributed by atoms with Crippen molar-refractivity contribution < 1.29 is 29.1 Å². The normalized spacial score (nSPS) is 19.2. The second-order valence-electron chi connectivity index (χ2n) is 19.8. The summed E-state index contributed by atoms with van der Waals surface area (Å²) >= 11 is 1.58. The zero-order valence-corrected chi connectivity index (χ0v) is 41.5. The highest BCUT2D eigenvalue weighted by molar-refractivity contribution is 7.13. The van der Waals surface area contributed by atoms with Gasteiger partial charge >= 0.3 is 0 Å². The van der Waals surface area contributed by atoms with Gasteiger partial charge in [-0.25, -0.2) is 10.4 Å². The third-order valence-corrected chi connectivity index (χ3v) is 14.5. The molecule has 6 rings (SSSR count). The third-order valence-electron chi connectivity index (χ3n) is 13.5. The van der Waals surface area contributed by atoms with Gasteiger partial charge < -0.3 is 30.4 Å². The maximum absolute atomic E-state index is 14.1. The molecule has 0 unspecified atom stereocenters. The van der Waals surface area contributed by atoms with E-state index in [1.165, 1.54) is 4.90 Å². The van der Waals surface area contributed by atoms with Gasteiger partial charge in [0.15, 0.2) is 0 Å². The molecule has 366 valence electrons. The molecule has 3 saturated heterocycles. The van der Waals surface area contributed by atoms with Crippen molar-refractivity contribution in [1.29, 1.82) is 0 Å². The number of aromatic nitrogens is 1. The van der Waals surface area contributed by atoms with Crippen LogP contribution in [0.15, 0.2) is 54.0 Å². The first kappa shape index (κ1) is 51.5. The summed E-state index contributed by atoms with van der Waals surface area (Å²) < 4.78 is 0. The highest BCUT2D eigenvalue weighted by Gasteiger charge is 2.44. The van der Waals surface area contributed by atoms with Gasteiger partial charge in [0.2, 0.25) is 23.6 Å². The lowest BCUT2D eigenvalue weighted by Gasteiger charge is -2.39. The van der Waals surface area contributed by atoms with Crippen molar-refractivity contribution in [3.63, 3.8) is 0 Å². The van der Waals surface area contributed by atoms with E-state index in [2.05, 4.69) is 43.2 Å². The zero-order chi connectivity index (χ0) is 48.1. The Kier molecular flexibility index (Phi) is 18.8. The molecule has 5 N–H and O–H groups in total. The molecule has 3 fully saturated rings. The maximum Gasteiger partial charge on any atom is 0.265 e. The fourth-order valence-electron chi connectivity index (χ4n) is 9.40. The van der Waals surface area contributed by atoms with Crippen molar-refractivity contribution in [3.8, 4) is 10.4 Å². The first-order valence-electron chi connectivity index (χ1n) is 24.6. The number of β-amino-alcohol motifs (C(OH)–C–C–N with tert-alkyl or cyclic N) is 1. The van der Waals surface area contributed by atoms with Gasteiger partial charge in [-0.1, -0.05) is 64.8 Å². The third kappa shape index (κ3) is 14.6. The van der Waals surface area contributed by atoms with E-state index >= 15 is 0 Å². The van der Waals surface area contributed by atoms with Gasteiger partial charge in [-0.2, -0.15) is 0 Å². The zero-order valence-electron chi connectivity index (χ0n) is 40.7. The van der Waals surface area contributed by atoms with E-state index in [0.29, 0.717) is 24.3 Å². The quantitative estimate of drug-likeness (QED) is 0.0684. The summed E-state index contributed by atoms with van der Waals surface area (Å²) in [6.07, 6.45) is 6.08. The van der Waals surface area contributed by atoms with Crippen LogP contribution >= 0.6 is 11.3 Å². The van der Waals surface area contributed by atoms with E-state index in [-0.39, 0.29) is 55.0 Å². The second kappa shape index (κ2) is 24.4. The lowest BCUT2D eigenvalue weighted by atomic mass is 9.85. The summed E-state index contributed by atoms with van der Waals surface area (Å²) in [4.78, 5) is 80.3. The predicted molar refractivity (Wildman–Crippen MR) is 264 cm³/mol. The first-order valence-corrected chi connectivity index (χ1v) is 25.5. The van der Waals surface area contributed by atoms with Crippen molar-refractivity contribution in [2.45, 2.75) is 130 Å². The topological polar surface area (TPSA) is 180 Å². The molecule has 1 aromatic heterocycles. The number of hydrazine groups is 1. The first-order chi connectivity index (χ1) is 32.1. The maximum atomic E-state index is 14.1. The number of carbonyl (C=O) groups excluding carboxylic acids is 5. The van der Waals surface area contributed by atoms with Gasteiger partial charge in [-0.05, 0) is 92.7 Å². The highest BCUT2D eigenvalue weighted by Crippen LogP contribution is 2.30. The lowest BCUT2D eigenvalue weighted by molar-refractivity contribution is -0.144. The molecule has 2 aromatic carbocycles. The van der Waals surface area contributed by atoms with E-state index in [1.54, 1.807) is 11.3 Å². The van der Waals surface area contributed by atoms with E-state index in [0.717, 1.165) is 118 Å². The number of hydrogen-bond acceptors (Lipinski definition) is 11. The van der Waals surface area contributed by atoms with Crippen molar-refractivity contribution in [1.82, 2.24) is 41.2 Å². The van der Waals surface area contributed by atoms with Crippen LogP contribution in [0.3, 0.4) is 0 Å². The number of rotatable bonds is 20. The van der Waals surface area contributed by atoms with Gasteiger partial charge in [0.25, 0.3) is 5.91 Å². The minimum atomic E-state index is -0.877. The number of aryl methyl sites for hydroxylation is 1. The van der Waals surface area contributed by atoms with Crippen molar-refractivity contribution >= 4 is 46.6 Å². The molecular weight excluding hydrogens is 867 g/mol. The number of piperidine rings is 1. The number of benzene rings is 2. The summed E-state index contributed by atoms with van der Waals surface area (Å²) in [6.45, 7) is 18.9. The van der Waals surface area contributed by atoms with Gasteiger partial charge in [0, 0.05) is 89.4 Å². The van der Waals surface area contributed by atoms with Crippen LogP contribution in [0.4, 0.5) is 5.69 Å². The summed E-state index contributed by atoms with van der Waals surface area (Å²) in [5.74, 6) is -0.274. The van der Waals surface area contributed by atoms with Crippen molar-refractivity contribution in [2.24, 2.45) is 11.3 Å². The number of amides is 5. The molecule has 3 aromatic rings. The molecule has 3 aliphatic heterocycles. The van der Waals surface area contributed by atoms with Crippen LogP contribution in [0.5, 0.6) is 0 Å². The predicted octanol–water partition coefficient (Wildman–Crippen LogP) is 5.83. The average Bonchev–Trinajstić information content (AvgIpc) is 3.94. The van der Waals surface area contributed by atoms with Crippen LogP contribution in [0.25, 0.3) is 10.4 Å². The SMILES string of the molecule is CCCNNC(=O)c1ccc(N2CCN(CC3CCN(C(=O)CCCCCCC(=O)N[C@H](C(=O)N4C[C@H](O)C[C@H]4C(=O)N[C@@H](C)c4ccc(-c5scnc5C)cc4)C(C)(C)C)CC3)CC2)cc1. The van der Waals surface area contributed by atoms with E-state index in [1.807, 2.05) is 93.6 Å². The molecule has 4 atom stereocenters. The number of nitrogens with zero attached hydrogens (tertiary/aromatic N) is 5. The Balaban J connectivity index is 0.851. The highest BCUT2D eigenvalue weighted by atomic mass is 32.1. The Morgan fingerprint density at radius 1 is 0.866 bits per heavy atom. The van der Waals surface area contributed by atoms with E-state index < -0.39 is 23.6 Å². The largest absolute Gasteiger partial charge is 0.391 e. The number of hydrogen-bond donors (Lipinski definition) is 5. The van der Waals surface area contributed by atoms with Crippen molar-refractivity contribution in [3.05, 3.63) is 70.9 Å². The molecule has 0 saturated carbocycles. The van der Waals surface area contributed by atoms with Gasteiger partial charge in [-0.3, -0.25) is 34.3 Å². The molecular formula is C51H75N9O6S. The number of thiazole rings is 1. The van der Waals surface area contributed by atoms with Crippen LogP contribution in [0.1, 0.15) is 126 Å². The molecule has 16 heteroatoms. The number of anilines is 1. The number of carbonyl (C=O) groups is 5. The molecule has 0 radical (unpaired) electrons. The fourth-order valence-corrected chi connectivity index (χ4v) is 10.2. The van der Waals surface area contributed by atoms with Crippen LogP contribution < -0.4 is 26.4 Å². The summed E-state index contributed by atoms with van der Waals surface area (Å²) in [5.41, 5.74) is 11.6. The summed E-state index contributed by atoms with van der Waals surface area (Å²) in [7, 11) is 0. The van der Waals surface area contributed by atoms with Crippen LogP contribution in [-0.4, -0.2) is 131 Å². The molecule has 67 heavy (non-hydrogen) atoms. The Labute approximate surface area is 401 Å². The smallest absolute Gasteiger partial charge is 0.265 e. The minimum Gasteiger partial charge on any atom is -0.391 e. The standard InChI is InChI=1S/C51H75N9O6S/c1-7-24-53-56-48(64)40-18-20-41(21-19-40)58-29-27-57(28-30-58)32-37-22-25-59(26-23-37)45(63)13-11-9-8-10-12-44(62)55-47(51(4,5)6)50(66)60-33-42(61)31-43(60)49(65)54-35(2)38-14-16-39(17-15-38)46-36(3)52-34-67-46/h14-21,34-35,37,42-43,47,53,61H,7-13,22-33H2,1-6H3,(H,54,65)(H,55,62)(H,56,64)/t35-,42+,43-,47+/m0/s1. The summed E-state index contributed by atoms with van der Waals surface area (Å²) in [6, 6.07) is 13.8. The second-order valence-corrected chi connectivity index (χ2v) is 20.7. The molecule has 3 aliphatic rings. The molecule has 5 amide bonds.